The minimum atomic E-state index is -4.22. The number of hydrogen-bond donors (Lipinski definition) is 2. The van der Waals surface area contributed by atoms with Crippen molar-refractivity contribution in [2.45, 2.75) is 52.4 Å². The maximum Gasteiger partial charge on any atom is 0.401 e. The number of aliphatic hydroxyl groups is 1. The largest absolute Gasteiger partial charge is 0.401 e. The Bertz CT molecular complexity index is 400. The summed E-state index contributed by atoms with van der Waals surface area (Å²) in [4.78, 5) is 15.1. The first-order chi connectivity index (χ1) is 10.4. The van der Waals surface area contributed by atoms with Gasteiger partial charge in [-0.05, 0) is 25.7 Å². The van der Waals surface area contributed by atoms with Crippen molar-refractivity contribution >= 4 is 6.03 Å². The van der Waals surface area contributed by atoms with Gasteiger partial charge in [0.05, 0.1) is 12.6 Å². The normalized spacial score (nSPS) is 22.1. The van der Waals surface area contributed by atoms with Crippen molar-refractivity contribution in [2.75, 3.05) is 32.7 Å². The average molecular weight is 339 g/mol. The van der Waals surface area contributed by atoms with Gasteiger partial charge in [-0.25, -0.2) is 4.79 Å². The smallest absolute Gasteiger partial charge is 0.393 e. The molecule has 8 heteroatoms. The van der Waals surface area contributed by atoms with Crippen molar-refractivity contribution < 1.29 is 23.1 Å². The van der Waals surface area contributed by atoms with Crippen molar-refractivity contribution in [3.8, 4) is 0 Å². The third-order valence-electron chi connectivity index (χ3n) is 4.00. The van der Waals surface area contributed by atoms with Gasteiger partial charge in [0, 0.05) is 32.2 Å². The highest BCUT2D eigenvalue weighted by molar-refractivity contribution is 5.74. The monoisotopic (exact) mass is 339 g/mol. The molecule has 0 radical (unpaired) electrons. The molecule has 1 aliphatic rings. The highest BCUT2D eigenvalue weighted by atomic mass is 19.4. The van der Waals surface area contributed by atoms with Crippen molar-refractivity contribution in [3.63, 3.8) is 0 Å². The van der Waals surface area contributed by atoms with Gasteiger partial charge in [0.1, 0.15) is 0 Å². The van der Waals surface area contributed by atoms with E-state index in [2.05, 4.69) is 5.32 Å². The lowest BCUT2D eigenvalue weighted by Crippen LogP contribution is -2.57. The van der Waals surface area contributed by atoms with Gasteiger partial charge in [-0.1, -0.05) is 13.8 Å². The van der Waals surface area contributed by atoms with E-state index in [-0.39, 0.29) is 37.1 Å². The molecular weight excluding hydrogens is 311 g/mol. The van der Waals surface area contributed by atoms with Crippen LogP contribution in [0.25, 0.3) is 0 Å². The lowest BCUT2D eigenvalue weighted by atomic mass is 9.87. The van der Waals surface area contributed by atoms with E-state index < -0.39 is 18.8 Å². The molecule has 0 aromatic heterocycles. The molecule has 1 heterocycles. The van der Waals surface area contributed by atoms with Gasteiger partial charge in [-0.15, -0.1) is 0 Å². The number of nitrogens with zero attached hydrogens (tertiary/aromatic N) is 2. The second-order valence-corrected chi connectivity index (χ2v) is 7.26. The number of alkyl halides is 3. The molecule has 2 N–H and O–H groups in total. The van der Waals surface area contributed by atoms with Gasteiger partial charge in [0.15, 0.2) is 0 Å². The number of rotatable bonds is 5. The van der Waals surface area contributed by atoms with Crippen LogP contribution in [0, 0.1) is 5.41 Å². The summed E-state index contributed by atoms with van der Waals surface area (Å²) in [5, 5.41) is 12.3. The second kappa shape index (κ2) is 7.70. The van der Waals surface area contributed by atoms with Crippen molar-refractivity contribution in [2.24, 2.45) is 5.41 Å². The Morgan fingerprint density at radius 1 is 1.35 bits per heavy atom. The number of nitrogens with one attached hydrogen (secondary N) is 1. The van der Waals surface area contributed by atoms with E-state index in [1.165, 1.54) is 4.90 Å². The summed E-state index contributed by atoms with van der Waals surface area (Å²) >= 11 is 0. The quantitative estimate of drug-likeness (QED) is 0.806. The number of aliphatic hydroxyl groups excluding tert-OH is 1. The standard InChI is InChI=1S/C15H28F3N3O2/c1-11-8-20(5-6-21(11)10-15(16,17)18)13(23)19-9-14(3,4)7-12(2)22/h11-12,22H,5-10H2,1-4H3,(H,19,23). The number of carbonyl (C=O) groups excluding carboxylic acids is 1. The number of carbonyl (C=O) groups is 1. The van der Waals surface area contributed by atoms with E-state index in [4.69, 9.17) is 0 Å². The lowest BCUT2D eigenvalue weighted by Gasteiger charge is -2.40. The molecule has 136 valence electrons. The molecule has 23 heavy (non-hydrogen) atoms. The van der Waals surface area contributed by atoms with Gasteiger partial charge >= 0.3 is 12.2 Å². The average Bonchev–Trinajstić information content (AvgIpc) is 2.35. The predicted molar refractivity (Wildman–Crippen MR) is 82.1 cm³/mol. The minimum Gasteiger partial charge on any atom is -0.393 e. The number of piperazine rings is 1. The SMILES string of the molecule is CC(O)CC(C)(C)CNC(=O)N1CCN(CC(F)(F)F)C(C)C1. The van der Waals surface area contributed by atoms with Crippen LogP contribution in [0.3, 0.4) is 0 Å². The van der Waals surface area contributed by atoms with E-state index in [9.17, 15) is 23.1 Å². The van der Waals surface area contributed by atoms with Gasteiger partial charge < -0.3 is 15.3 Å². The Morgan fingerprint density at radius 3 is 2.43 bits per heavy atom. The van der Waals surface area contributed by atoms with Crippen LogP contribution in [0.15, 0.2) is 0 Å². The first kappa shape index (κ1) is 20.0. The van der Waals surface area contributed by atoms with Crippen LogP contribution in [-0.2, 0) is 0 Å². The van der Waals surface area contributed by atoms with E-state index in [0.29, 0.717) is 13.0 Å². The van der Waals surface area contributed by atoms with Crippen LogP contribution in [0.5, 0.6) is 0 Å². The molecule has 1 fully saturated rings. The summed E-state index contributed by atoms with van der Waals surface area (Å²) in [6.07, 6.45) is -4.11. The van der Waals surface area contributed by atoms with Crippen LogP contribution in [0.2, 0.25) is 0 Å². The van der Waals surface area contributed by atoms with E-state index in [1.54, 1.807) is 18.7 Å². The zero-order valence-electron chi connectivity index (χ0n) is 14.3. The summed E-state index contributed by atoms with van der Waals surface area (Å²) in [5.41, 5.74) is -0.243. The fraction of sp³-hybridized carbons (Fsp3) is 0.933. The van der Waals surface area contributed by atoms with Gasteiger partial charge in [-0.3, -0.25) is 4.90 Å². The molecule has 0 aromatic rings. The Hall–Kier alpha value is -1.02. The molecule has 0 saturated carbocycles. The first-order valence-corrected chi connectivity index (χ1v) is 7.91. The lowest BCUT2D eigenvalue weighted by molar-refractivity contribution is -0.153. The van der Waals surface area contributed by atoms with Gasteiger partial charge in [0.25, 0.3) is 0 Å². The van der Waals surface area contributed by atoms with E-state index >= 15 is 0 Å². The Morgan fingerprint density at radius 2 is 1.96 bits per heavy atom. The van der Waals surface area contributed by atoms with Gasteiger partial charge in [0.2, 0.25) is 0 Å². The van der Waals surface area contributed by atoms with Crippen LogP contribution in [0.4, 0.5) is 18.0 Å². The molecule has 5 nitrogen and oxygen atoms in total. The molecule has 0 aromatic carbocycles. The summed E-state index contributed by atoms with van der Waals surface area (Å²) in [5.74, 6) is 0. The highest BCUT2D eigenvalue weighted by Gasteiger charge is 2.36. The Balaban J connectivity index is 2.45. The van der Waals surface area contributed by atoms with Gasteiger partial charge in [-0.2, -0.15) is 13.2 Å². The molecule has 1 aliphatic heterocycles. The third kappa shape index (κ3) is 7.39. The number of urea groups is 1. The summed E-state index contributed by atoms with van der Waals surface area (Å²) in [7, 11) is 0. The van der Waals surface area contributed by atoms with Crippen LogP contribution in [-0.4, -0.2) is 72.0 Å². The summed E-state index contributed by atoms with van der Waals surface area (Å²) in [6.45, 7) is 7.54. The fourth-order valence-electron chi connectivity index (χ4n) is 2.94. The molecule has 2 atom stereocenters. The molecule has 1 rings (SSSR count). The van der Waals surface area contributed by atoms with Crippen molar-refractivity contribution in [1.29, 1.82) is 0 Å². The predicted octanol–water partition coefficient (Wildman–Crippen LogP) is 2.06. The topological polar surface area (TPSA) is 55.8 Å². The highest BCUT2D eigenvalue weighted by Crippen LogP contribution is 2.22. The van der Waals surface area contributed by atoms with Crippen molar-refractivity contribution in [1.82, 2.24) is 15.1 Å². The van der Waals surface area contributed by atoms with E-state index in [0.717, 1.165) is 0 Å². The molecule has 1 saturated heterocycles. The third-order valence-corrected chi connectivity index (χ3v) is 4.00. The maximum atomic E-state index is 12.5. The second-order valence-electron chi connectivity index (χ2n) is 7.26. The Kier molecular flexibility index (Phi) is 6.70. The summed E-state index contributed by atoms with van der Waals surface area (Å²) in [6, 6.07) is -0.594. The molecule has 0 bridgehead atoms. The fourth-order valence-corrected chi connectivity index (χ4v) is 2.94. The molecular formula is C15H28F3N3O2. The molecule has 2 amide bonds. The summed E-state index contributed by atoms with van der Waals surface area (Å²) < 4.78 is 37.4. The molecule has 0 spiro atoms. The van der Waals surface area contributed by atoms with Crippen molar-refractivity contribution in [3.05, 3.63) is 0 Å². The number of hydrogen-bond acceptors (Lipinski definition) is 3. The zero-order chi connectivity index (χ0) is 17.8. The van der Waals surface area contributed by atoms with Crippen LogP contribution in [0.1, 0.15) is 34.1 Å². The number of amides is 2. The number of halogens is 3. The molecule has 0 aliphatic carbocycles. The van der Waals surface area contributed by atoms with Crippen LogP contribution >= 0.6 is 0 Å². The zero-order valence-corrected chi connectivity index (χ0v) is 14.3. The maximum absolute atomic E-state index is 12.5. The van der Waals surface area contributed by atoms with Crippen LogP contribution < -0.4 is 5.32 Å². The van der Waals surface area contributed by atoms with E-state index in [1.807, 2.05) is 13.8 Å². The first-order valence-electron chi connectivity index (χ1n) is 7.91. The molecule has 2 unspecified atom stereocenters. The Labute approximate surface area is 135 Å². The minimum absolute atomic E-state index is 0.213.